The number of hydrogen-bond acceptors (Lipinski definition) is 6. The first-order valence-corrected chi connectivity index (χ1v) is 10.7. The fraction of sp³-hybridized carbons (Fsp3) is 0.360. The van der Waals surface area contributed by atoms with Gasteiger partial charge in [-0.3, -0.25) is 14.5 Å². The smallest absolute Gasteiger partial charge is 0.278 e. The van der Waals surface area contributed by atoms with Crippen LogP contribution in [0.2, 0.25) is 0 Å². The summed E-state index contributed by atoms with van der Waals surface area (Å²) in [6.45, 7) is 6.93. The van der Waals surface area contributed by atoms with Crippen LogP contribution in [-0.2, 0) is 9.59 Å². The number of methoxy groups -OCH3 is 2. The highest BCUT2D eigenvalue weighted by Crippen LogP contribution is 2.35. The topological polar surface area (TPSA) is 77.1 Å². The minimum Gasteiger partial charge on any atom is -0.497 e. The highest BCUT2D eigenvalue weighted by atomic mass is 16.5. The molecular formula is C25H30N2O5. The SMILES string of the molecule is CCCOc1ccc(C2=C(Nc3ccc(OC)cc3OC)C(=O)N(CC(C)C)C2=O)cc1. The lowest BCUT2D eigenvalue weighted by atomic mass is 10.0. The Bertz CT molecular complexity index is 1010. The molecule has 1 N–H and O–H groups in total. The maximum absolute atomic E-state index is 13.3. The maximum atomic E-state index is 13.3. The Balaban J connectivity index is 2.03. The van der Waals surface area contributed by atoms with Crippen molar-refractivity contribution in [3.05, 3.63) is 53.7 Å². The molecule has 1 aliphatic rings. The molecule has 32 heavy (non-hydrogen) atoms. The van der Waals surface area contributed by atoms with Crippen molar-refractivity contribution in [2.45, 2.75) is 27.2 Å². The van der Waals surface area contributed by atoms with Gasteiger partial charge >= 0.3 is 0 Å². The molecule has 2 aromatic rings. The highest BCUT2D eigenvalue weighted by molar-refractivity contribution is 6.36. The van der Waals surface area contributed by atoms with Crippen molar-refractivity contribution in [2.75, 3.05) is 32.7 Å². The Hall–Kier alpha value is -3.48. The van der Waals surface area contributed by atoms with Gasteiger partial charge in [-0.05, 0) is 42.2 Å². The van der Waals surface area contributed by atoms with Gasteiger partial charge in [-0.1, -0.05) is 32.9 Å². The van der Waals surface area contributed by atoms with Gasteiger partial charge in [0.25, 0.3) is 11.8 Å². The molecule has 0 unspecified atom stereocenters. The summed E-state index contributed by atoms with van der Waals surface area (Å²) in [4.78, 5) is 27.8. The molecule has 0 saturated carbocycles. The Morgan fingerprint density at radius 1 is 0.938 bits per heavy atom. The lowest BCUT2D eigenvalue weighted by Gasteiger charge is -2.18. The van der Waals surface area contributed by atoms with Crippen molar-refractivity contribution in [1.82, 2.24) is 4.90 Å². The van der Waals surface area contributed by atoms with Crippen LogP contribution in [0.25, 0.3) is 5.57 Å². The summed E-state index contributed by atoms with van der Waals surface area (Å²) >= 11 is 0. The molecule has 1 aliphatic heterocycles. The Morgan fingerprint density at radius 2 is 1.62 bits per heavy atom. The second-order valence-electron chi connectivity index (χ2n) is 7.93. The summed E-state index contributed by atoms with van der Waals surface area (Å²) < 4.78 is 16.4. The number of imide groups is 1. The summed E-state index contributed by atoms with van der Waals surface area (Å²) in [5.74, 6) is 1.31. The molecule has 0 bridgehead atoms. The van der Waals surface area contributed by atoms with Crippen LogP contribution in [0.5, 0.6) is 17.2 Å². The van der Waals surface area contributed by atoms with E-state index >= 15 is 0 Å². The number of rotatable bonds is 10. The first kappa shape index (κ1) is 23.2. The molecule has 7 heteroatoms. The van der Waals surface area contributed by atoms with Gasteiger partial charge in [0.15, 0.2) is 0 Å². The van der Waals surface area contributed by atoms with Crippen LogP contribution in [0.1, 0.15) is 32.8 Å². The molecule has 0 saturated heterocycles. The summed E-state index contributed by atoms with van der Waals surface area (Å²) in [7, 11) is 3.11. The summed E-state index contributed by atoms with van der Waals surface area (Å²) in [5, 5.41) is 3.15. The number of nitrogens with one attached hydrogen (secondary N) is 1. The number of nitrogens with zero attached hydrogens (tertiary/aromatic N) is 1. The van der Waals surface area contributed by atoms with Crippen molar-refractivity contribution in [3.8, 4) is 17.2 Å². The number of carbonyl (C=O) groups excluding carboxylic acids is 2. The monoisotopic (exact) mass is 438 g/mol. The third-order valence-corrected chi connectivity index (χ3v) is 5.00. The van der Waals surface area contributed by atoms with E-state index in [9.17, 15) is 9.59 Å². The number of hydrogen-bond donors (Lipinski definition) is 1. The fourth-order valence-electron chi connectivity index (χ4n) is 3.46. The zero-order valence-electron chi connectivity index (χ0n) is 19.2. The quantitative estimate of drug-likeness (QED) is 0.556. The molecule has 1 heterocycles. The van der Waals surface area contributed by atoms with Crippen molar-refractivity contribution in [1.29, 1.82) is 0 Å². The largest absolute Gasteiger partial charge is 0.497 e. The lowest BCUT2D eigenvalue weighted by Crippen LogP contribution is -2.35. The van der Waals surface area contributed by atoms with E-state index in [-0.39, 0.29) is 23.4 Å². The normalized spacial score (nSPS) is 13.8. The van der Waals surface area contributed by atoms with Crippen LogP contribution in [0, 0.1) is 5.92 Å². The van der Waals surface area contributed by atoms with E-state index in [0.29, 0.717) is 41.5 Å². The average molecular weight is 439 g/mol. The fourth-order valence-corrected chi connectivity index (χ4v) is 3.46. The second-order valence-corrected chi connectivity index (χ2v) is 7.93. The van der Waals surface area contributed by atoms with Gasteiger partial charge in [0.1, 0.15) is 22.9 Å². The third kappa shape index (κ3) is 4.88. The van der Waals surface area contributed by atoms with E-state index in [1.807, 2.05) is 32.9 Å². The van der Waals surface area contributed by atoms with Crippen LogP contribution < -0.4 is 19.5 Å². The zero-order valence-corrected chi connectivity index (χ0v) is 19.2. The minimum absolute atomic E-state index is 0.142. The van der Waals surface area contributed by atoms with E-state index < -0.39 is 0 Å². The van der Waals surface area contributed by atoms with Gasteiger partial charge in [-0.15, -0.1) is 0 Å². The van der Waals surface area contributed by atoms with E-state index in [1.54, 1.807) is 37.4 Å². The molecule has 0 aromatic heterocycles. The summed E-state index contributed by atoms with van der Waals surface area (Å²) in [6, 6.07) is 12.5. The third-order valence-electron chi connectivity index (χ3n) is 5.00. The Kier molecular flexibility index (Phi) is 7.41. The van der Waals surface area contributed by atoms with Crippen molar-refractivity contribution in [2.24, 2.45) is 5.92 Å². The van der Waals surface area contributed by atoms with Crippen LogP contribution in [-0.4, -0.2) is 44.1 Å². The van der Waals surface area contributed by atoms with E-state index in [4.69, 9.17) is 14.2 Å². The highest BCUT2D eigenvalue weighted by Gasteiger charge is 2.39. The van der Waals surface area contributed by atoms with Gasteiger partial charge in [0, 0.05) is 12.6 Å². The number of ether oxygens (including phenoxy) is 3. The van der Waals surface area contributed by atoms with Crippen molar-refractivity contribution >= 4 is 23.1 Å². The molecule has 7 nitrogen and oxygen atoms in total. The Morgan fingerprint density at radius 3 is 2.22 bits per heavy atom. The van der Waals surface area contributed by atoms with Gasteiger partial charge in [-0.2, -0.15) is 0 Å². The lowest BCUT2D eigenvalue weighted by molar-refractivity contribution is -0.137. The van der Waals surface area contributed by atoms with Crippen LogP contribution in [0.3, 0.4) is 0 Å². The molecule has 2 amide bonds. The Labute approximate surface area is 189 Å². The molecule has 0 atom stereocenters. The standard InChI is InChI=1S/C25H30N2O5/c1-6-13-32-18-9-7-17(8-10-18)22-23(25(29)27(24(22)28)15-16(2)3)26-20-12-11-19(30-4)14-21(20)31-5/h7-12,14,16,26H,6,13,15H2,1-5H3. The number of carbonyl (C=O) groups is 2. The molecule has 0 radical (unpaired) electrons. The van der Waals surface area contributed by atoms with E-state index in [1.165, 1.54) is 12.0 Å². The number of amides is 2. The minimum atomic E-state index is -0.358. The molecule has 3 rings (SSSR count). The van der Waals surface area contributed by atoms with E-state index in [2.05, 4.69) is 5.32 Å². The van der Waals surface area contributed by atoms with Gasteiger partial charge in [-0.25, -0.2) is 0 Å². The first-order chi connectivity index (χ1) is 15.4. The van der Waals surface area contributed by atoms with Crippen LogP contribution in [0.15, 0.2) is 48.2 Å². The number of anilines is 1. The zero-order chi connectivity index (χ0) is 23.3. The first-order valence-electron chi connectivity index (χ1n) is 10.7. The number of benzene rings is 2. The average Bonchev–Trinajstić information content (AvgIpc) is 3.02. The van der Waals surface area contributed by atoms with Gasteiger partial charge in [0.2, 0.25) is 0 Å². The molecule has 0 spiro atoms. The second kappa shape index (κ2) is 10.2. The van der Waals surface area contributed by atoms with Gasteiger partial charge in [0.05, 0.1) is 32.1 Å². The van der Waals surface area contributed by atoms with Crippen molar-refractivity contribution in [3.63, 3.8) is 0 Å². The molecule has 0 aliphatic carbocycles. The molecule has 0 fully saturated rings. The summed E-state index contributed by atoms with van der Waals surface area (Å²) in [6.07, 6.45) is 0.905. The predicted octanol–water partition coefficient (Wildman–Crippen LogP) is 4.34. The molecular weight excluding hydrogens is 408 g/mol. The summed E-state index contributed by atoms with van der Waals surface area (Å²) in [5.41, 5.74) is 1.77. The van der Waals surface area contributed by atoms with E-state index in [0.717, 1.165) is 12.2 Å². The van der Waals surface area contributed by atoms with Crippen LogP contribution >= 0.6 is 0 Å². The van der Waals surface area contributed by atoms with Crippen LogP contribution in [0.4, 0.5) is 5.69 Å². The maximum Gasteiger partial charge on any atom is 0.278 e. The molecule has 2 aromatic carbocycles. The van der Waals surface area contributed by atoms with Gasteiger partial charge < -0.3 is 19.5 Å². The molecule has 170 valence electrons. The van der Waals surface area contributed by atoms with Crippen molar-refractivity contribution < 1.29 is 23.8 Å². The predicted molar refractivity (Wildman–Crippen MR) is 124 cm³/mol.